The summed E-state index contributed by atoms with van der Waals surface area (Å²) in [4.78, 5) is 30.4. The summed E-state index contributed by atoms with van der Waals surface area (Å²) in [5.41, 5.74) is 3.78. The molecule has 0 atom stereocenters. The number of para-hydroxylation sites is 1. The Balaban J connectivity index is 1.82. The largest absolute Gasteiger partial charge is 0.324 e. The number of carbonyl (C=O) groups is 1. The fourth-order valence-electron chi connectivity index (χ4n) is 4.02. The van der Waals surface area contributed by atoms with Gasteiger partial charge < -0.3 is 9.88 Å². The van der Waals surface area contributed by atoms with E-state index in [1.807, 2.05) is 39.0 Å². The number of fused-ring (bicyclic) bond motifs is 1. The fourth-order valence-corrected chi connectivity index (χ4v) is 5.39. The van der Waals surface area contributed by atoms with Gasteiger partial charge in [0.15, 0.2) is 0 Å². The van der Waals surface area contributed by atoms with E-state index in [4.69, 9.17) is 0 Å². The summed E-state index contributed by atoms with van der Waals surface area (Å²) in [7, 11) is -4.12. The van der Waals surface area contributed by atoms with Gasteiger partial charge in [0.2, 0.25) is 21.2 Å². The molecule has 0 unspecified atom stereocenters. The third-order valence-electron chi connectivity index (χ3n) is 6.02. The molecule has 8 heteroatoms. The highest BCUT2D eigenvalue weighted by Crippen LogP contribution is 2.23. The van der Waals surface area contributed by atoms with Crippen molar-refractivity contribution in [3.63, 3.8) is 0 Å². The third kappa shape index (κ3) is 4.74. The molecule has 180 valence electrons. The molecule has 0 fully saturated rings. The number of aryl methyl sites for hydroxylation is 4. The Labute approximate surface area is 204 Å². The number of rotatable bonds is 6. The minimum atomic E-state index is -4.12. The van der Waals surface area contributed by atoms with Crippen LogP contribution in [0.1, 0.15) is 29.3 Å². The fraction of sp³-hybridized carbons (Fsp3) is 0.222. The number of hydrogen-bond donors (Lipinski definition) is 1. The first-order chi connectivity index (χ1) is 16.6. The molecule has 2 aromatic heterocycles. The first-order valence-electron chi connectivity index (χ1n) is 11.3. The number of pyridine rings is 2. The maximum Gasteiger partial charge on any atom is 0.244 e. The lowest BCUT2D eigenvalue weighted by molar-refractivity contribution is -0.116. The lowest BCUT2D eigenvalue weighted by atomic mass is 10.1. The number of carbonyl (C=O) groups excluding carboxylic acids is 1. The minimum Gasteiger partial charge on any atom is -0.324 e. The van der Waals surface area contributed by atoms with Crippen LogP contribution in [0, 0.1) is 20.8 Å². The lowest BCUT2D eigenvalue weighted by Gasteiger charge is -2.15. The first kappa shape index (κ1) is 24.3. The average molecular weight is 490 g/mol. The van der Waals surface area contributed by atoms with Crippen LogP contribution < -0.4 is 10.7 Å². The number of sulfone groups is 1. The van der Waals surface area contributed by atoms with Gasteiger partial charge >= 0.3 is 0 Å². The van der Waals surface area contributed by atoms with E-state index in [1.165, 1.54) is 22.9 Å². The molecule has 0 spiro atoms. The SMILES string of the molecule is CCc1ccc(S(=O)(=O)c2cn(CC(=O)Nc3c(C)cccc3C)c3nc(C)ccc3c2=O)cc1. The Morgan fingerprint density at radius 2 is 1.63 bits per heavy atom. The van der Waals surface area contributed by atoms with Crippen LogP contribution in [-0.2, 0) is 27.6 Å². The molecule has 0 aliphatic carbocycles. The van der Waals surface area contributed by atoms with Gasteiger partial charge in [-0.2, -0.15) is 0 Å². The Bertz CT molecular complexity index is 1580. The van der Waals surface area contributed by atoms with Crippen LogP contribution >= 0.6 is 0 Å². The minimum absolute atomic E-state index is 0.0257. The van der Waals surface area contributed by atoms with E-state index in [0.717, 1.165) is 23.1 Å². The molecule has 0 bridgehead atoms. The van der Waals surface area contributed by atoms with Crippen molar-refractivity contribution in [1.29, 1.82) is 0 Å². The van der Waals surface area contributed by atoms with E-state index < -0.39 is 15.3 Å². The van der Waals surface area contributed by atoms with Crippen molar-refractivity contribution in [1.82, 2.24) is 9.55 Å². The molecular formula is C27H27N3O4S. The number of amides is 1. The van der Waals surface area contributed by atoms with Crippen molar-refractivity contribution in [3.05, 3.63) is 93.4 Å². The topological polar surface area (TPSA) is 98.1 Å². The maximum absolute atomic E-state index is 13.4. The van der Waals surface area contributed by atoms with Crippen LogP contribution in [0.25, 0.3) is 11.0 Å². The molecule has 2 heterocycles. The Kier molecular flexibility index (Phi) is 6.58. The van der Waals surface area contributed by atoms with Gasteiger partial charge in [0.05, 0.1) is 10.3 Å². The van der Waals surface area contributed by atoms with E-state index in [9.17, 15) is 18.0 Å². The van der Waals surface area contributed by atoms with Crippen molar-refractivity contribution < 1.29 is 13.2 Å². The highest BCUT2D eigenvalue weighted by atomic mass is 32.2. The molecule has 4 aromatic rings. The molecule has 0 saturated carbocycles. The summed E-state index contributed by atoms with van der Waals surface area (Å²) < 4.78 is 28.3. The molecule has 4 rings (SSSR count). The third-order valence-corrected chi connectivity index (χ3v) is 7.78. The van der Waals surface area contributed by atoms with Crippen molar-refractivity contribution in [2.24, 2.45) is 0 Å². The zero-order chi connectivity index (χ0) is 25.3. The molecule has 0 aliphatic rings. The Hall–Kier alpha value is -3.78. The van der Waals surface area contributed by atoms with Gasteiger partial charge in [0.1, 0.15) is 17.1 Å². The number of anilines is 1. The van der Waals surface area contributed by atoms with Gasteiger partial charge in [-0.05, 0) is 68.1 Å². The molecular weight excluding hydrogens is 462 g/mol. The van der Waals surface area contributed by atoms with Gasteiger partial charge in [-0.15, -0.1) is 0 Å². The predicted molar refractivity (Wildman–Crippen MR) is 137 cm³/mol. The van der Waals surface area contributed by atoms with Gasteiger partial charge in [0.25, 0.3) is 0 Å². The van der Waals surface area contributed by atoms with Crippen LogP contribution in [0.2, 0.25) is 0 Å². The van der Waals surface area contributed by atoms with Crippen LogP contribution in [0.5, 0.6) is 0 Å². The van der Waals surface area contributed by atoms with Crippen molar-refractivity contribution in [2.75, 3.05) is 5.32 Å². The summed E-state index contributed by atoms with van der Waals surface area (Å²) in [6.07, 6.45) is 1.99. The zero-order valence-corrected chi connectivity index (χ0v) is 20.9. The second-order valence-corrected chi connectivity index (χ2v) is 10.5. The number of aromatic nitrogens is 2. The van der Waals surface area contributed by atoms with Gasteiger partial charge in [-0.25, -0.2) is 13.4 Å². The van der Waals surface area contributed by atoms with Gasteiger partial charge in [-0.1, -0.05) is 37.3 Å². The van der Waals surface area contributed by atoms with Crippen LogP contribution in [0.15, 0.2) is 75.4 Å². The summed E-state index contributed by atoms with van der Waals surface area (Å²) in [6.45, 7) is 7.33. The molecule has 1 amide bonds. The van der Waals surface area contributed by atoms with E-state index in [2.05, 4.69) is 10.3 Å². The van der Waals surface area contributed by atoms with Crippen molar-refractivity contribution >= 4 is 32.5 Å². The summed E-state index contributed by atoms with van der Waals surface area (Å²) in [6, 6.07) is 15.4. The van der Waals surface area contributed by atoms with Crippen molar-refractivity contribution in [2.45, 2.75) is 50.5 Å². The van der Waals surface area contributed by atoms with Crippen molar-refractivity contribution in [3.8, 4) is 0 Å². The highest BCUT2D eigenvalue weighted by Gasteiger charge is 2.25. The van der Waals surface area contributed by atoms with Crippen LogP contribution in [-0.4, -0.2) is 23.9 Å². The zero-order valence-electron chi connectivity index (χ0n) is 20.1. The monoisotopic (exact) mass is 489 g/mol. The average Bonchev–Trinajstić information content (AvgIpc) is 2.83. The maximum atomic E-state index is 13.4. The number of hydrogen-bond acceptors (Lipinski definition) is 5. The molecule has 1 N–H and O–H groups in total. The highest BCUT2D eigenvalue weighted by molar-refractivity contribution is 7.91. The lowest BCUT2D eigenvalue weighted by Crippen LogP contribution is -2.25. The van der Waals surface area contributed by atoms with Gasteiger partial charge in [0, 0.05) is 17.6 Å². The molecule has 0 radical (unpaired) electrons. The number of nitrogens with zero attached hydrogens (tertiary/aromatic N) is 2. The quantitative estimate of drug-likeness (QED) is 0.434. The normalized spacial score (nSPS) is 11.5. The van der Waals surface area contributed by atoms with E-state index in [-0.39, 0.29) is 33.3 Å². The Morgan fingerprint density at radius 1 is 0.971 bits per heavy atom. The number of nitrogens with one attached hydrogen (secondary N) is 1. The first-order valence-corrected chi connectivity index (χ1v) is 12.8. The second-order valence-electron chi connectivity index (χ2n) is 8.59. The smallest absolute Gasteiger partial charge is 0.244 e. The predicted octanol–water partition coefficient (Wildman–Crippen LogP) is 4.36. The molecule has 2 aromatic carbocycles. The van der Waals surface area contributed by atoms with E-state index in [1.54, 1.807) is 31.2 Å². The van der Waals surface area contributed by atoms with E-state index >= 15 is 0 Å². The Morgan fingerprint density at radius 3 is 2.26 bits per heavy atom. The molecule has 0 aliphatic heterocycles. The summed E-state index contributed by atoms with van der Waals surface area (Å²) in [5.74, 6) is -0.355. The second kappa shape index (κ2) is 9.46. The van der Waals surface area contributed by atoms with E-state index in [0.29, 0.717) is 11.4 Å². The van der Waals surface area contributed by atoms with Crippen LogP contribution in [0.4, 0.5) is 5.69 Å². The summed E-state index contributed by atoms with van der Waals surface area (Å²) >= 11 is 0. The standard InChI is InChI=1S/C27H27N3O4S/c1-5-20-10-12-21(13-11-20)35(33,34)23-15-30(27-22(26(23)32)14-9-19(4)28-27)16-24(31)29-25-17(2)7-6-8-18(25)3/h6-15H,5,16H2,1-4H3,(H,29,31). The summed E-state index contributed by atoms with van der Waals surface area (Å²) in [5, 5.41) is 3.05. The van der Waals surface area contributed by atoms with Crippen LogP contribution in [0.3, 0.4) is 0 Å². The molecule has 7 nitrogen and oxygen atoms in total. The number of benzene rings is 2. The molecule has 0 saturated heterocycles. The molecule has 35 heavy (non-hydrogen) atoms. The van der Waals surface area contributed by atoms with Gasteiger partial charge in [-0.3, -0.25) is 9.59 Å².